The summed E-state index contributed by atoms with van der Waals surface area (Å²) in [5, 5.41) is 5.44. The van der Waals surface area contributed by atoms with Crippen LogP contribution in [0.2, 0.25) is 0 Å². The molecule has 1 aliphatic heterocycles. The Morgan fingerprint density at radius 3 is 2.88 bits per heavy atom. The molecule has 1 aliphatic rings. The molecule has 0 aromatic heterocycles. The van der Waals surface area contributed by atoms with Crippen molar-refractivity contribution in [1.82, 2.24) is 0 Å². The van der Waals surface area contributed by atoms with Crippen LogP contribution < -0.4 is 15.4 Å². The maximum Gasteiger partial charge on any atom is 0.337 e. The summed E-state index contributed by atoms with van der Waals surface area (Å²) in [6.45, 7) is -0.0105. The predicted octanol–water partition coefficient (Wildman–Crippen LogP) is 1.99. The highest BCUT2D eigenvalue weighted by atomic mass is 16.5. The van der Waals surface area contributed by atoms with E-state index in [1.165, 1.54) is 7.11 Å². The van der Waals surface area contributed by atoms with Crippen LogP contribution in [0.4, 0.5) is 11.4 Å². The number of nitrogens with one attached hydrogen (secondary N) is 2. The molecule has 0 saturated carbocycles. The first-order chi connectivity index (χ1) is 12.0. The quantitative estimate of drug-likeness (QED) is 0.830. The van der Waals surface area contributed by atoms with E-state index in [0.29, 0.717) is 22.7 Å². The van der Waals surface area contributed by atoms with E-state index in [0.717, 1.165) is 5.56 Å². The number of ether oxygens (including phenoxy) is 2. The zero-order valence-corrected chi connectivity index (χ0v) is 13.5. The van der Waals surface area contributed by atoms with E-state index in [2.05, 4.69) is 15.4 Å². The maximum atomic E-state index is 12.2. The van der Waals surface area contributed by atoms with Crippen molar-refractivity contribution < 1.29 is 23.9 Å². The molecular formula is C18H16N2O5. The van der Waals surface area contributed by atoms with Crippen LogP contribution >= 0.6 is 0 Å². The summed E-state index contributed by atoms with van der Waals surface area (Å²) in [5.74, 6) is -0.366. The highest BCUT2D eigenvalue weighted by Gasteiger charge is 2.16. The lowest BCUT2D eigenvalue weighted by atomic mass is 10.1. The lowest BCUT2D eigenvalue weighted by Gasteiger charge is -2.18. The van der Waals surface area contributed by atoms with Crippen LogP contribution in [0.5, 0.6) is 5.75 Å². The van der Waals surface area contributed by atoms with Gasteiger partial charge in [-0.15, -0.1) is 0 Å². The number of amides is 2. The highest BCUT2D eigenvalue weighted by molar-refractivity contribution is 5.97. The van der Waals surface area contributed by atoms with Crippen molar-refractivity contribution in [3.63, 3.8) is 0 Å². The molecule has 0 fully saturated rings. The third-order valence-corrected chi connectivity index (χ3v) is 3.61. The molecule has 0 radical (unpaired) electrons. The van der Waals surface area contributed by atoms with E-state index in [-0.39, 0.29) is 24.8 Å². The van der Waals surface area contributed by atoms with Crippen molar-refractivity contribution in [2.45, 2.75) is 6.42 Å². The van der Waals surface area contributed by atoms with E-state index >= 15 is 0 Å². The Bertz CT molecular complexity index is 847. The van der Waals surface area contributed by atoms with Gasteiger partial charge in [0, 0.05) is 5.69 Å². The monoisotopic (exact) mass is 340 g/mol. The molecule has 3 rings (SSSR count). The minimum absolute atomic E-state index is 0.0105. The molecule has 2 aromatic rings. The average molecular weight is 340 g/mol. The second-order valence-corrected chi connectivity index (χ2v) is 5.46. The highest BCUT2D eigenvalue weighted by Crippen LogP contribution is 2.28. The summed E-state index contributed by atoms with van der Waals surface area (Å²) in [6, 6.07) is 11.7. The van der Waals surface area contributed by atoms with Crippen molar-refractivity contribution in [1.29, 1.82) is 0 Å². The number of fused-ring (bicyclic) bond motifs is 1. The fraction of sp³-hybridized carbons (Fsp3) is 0.167. The van der Waals surface area contributed by atoms with Crippen LogP contribution in [0.1, 0.15) is 15.9 Å². The van der Waals surface area contributed by atoms with Gasteiger partial charge in [-0.2, -0.15) is 0 Å². The third-order valence-electron chi connectivity index (χ3n) is 3.61. The SMILES string of the molecule is COC(=O)c1cccc(NC(=O)Cc2ccc3c(c2)NC(=O)CO3)c1. The molecular weight excluding hydrogens is 324 g/mol. The molecule has 0 aliphatic carbocycles. The van der Waals surface area contributed by atoms with Gasteiger partial charge < -0.3 is 20.1 Å². The summed E-state index contributed by atoms with van der Waals surface area (Å²) in [7, 11) is 1.30. The number of methoxy groups -OCH3 is 1. The number of benzene rings is 2. The van der Waals surface area contributed by atoms with Crippen LogP contribution in [0.15, 0.2) is 42.5 Å². The van der Waals surface area contributed by atoms with Gasteiger partial charge in [-0.3, -0.25) is 9.59 Å². The van der Waals surface area contributed by atoms with Crippen molar-refractivity contribution in [3.05, 3.63) is 53.6 Å². The van der Waals surface area contributed by atoms with Gasteiger partial charge in [0.25, 0.3) is 5.91 Å². The molecule has 0 unspecified atom stereocenters. The molecule has 7 nitrogen and oxygen atoms in total. The fourth-order valence-electron chi connectivity index (χ4n) is 2.47. The van der Waals surface area contributed by atoms with E-state index in [1.807, 2.05) is 0 Å². The second-order valence-electron chi connectivity index (χ2n) is 5.46. The Balaban J connectivity index is 1.68. The first kappa shape index (κ1) is 16.5. The smallest absolute Gasteiger partial charge is 0.337 e. The normalized spacial score (nSPS) is 12.4. The summed E-state index contributed by atoms with van der Waals surface area (Å²) < 4.78 is 9.94. The first-order valence-electron chi connectivity index (χ1n) is 7.59. The van der Waals surface area contributed by atoms with E-state index in [4.69, 9.17) is 4.74 Å². The second kappa shape index (κ2) is 7.04. The Kier molecular flexibility index (Phi) is 4.65. The van der Waals surface area contributed by atoms with Gasteiger partial charge in [-0.1, -0.05) is 12.1 Å². The molecule has 25 heavy (non-hydrogen) atoms. The third kappa shape index (κ3) is 3.95. The predicted molar refractivity (Wildman–Crippen MR) is 90.7 cm³/mol. The Hall–Kier alpha value is -3.35. The molecule has 0 bridgehead atoms. The van der Waals surface area contributed by atoms with E-state index in [9.17, 15) is 14.4 Å². The van der Waals surface area contributed by atoms with Crippen molar-refractivity contribution in [2.75, 3.05) is 24.4 Å². The van der Waals surface area contributed by atoms with Crippen molar-refractivity contribution in [3.8, 4) is 5.75 Å². The average Bonchev–Trinajstić information content (AvgIpc) is 2.60. The Labute approximate surface area is 143 Å². The van der Waals surface area contributed by atoms with Gasteiger partial charge >= 0.3 is 5.97 Å². The molecule has 128 valence electrons. The van der Waals surface area contributed by atoms with Crippen LogP contribution in [-0.2, 0) is 20.7 Å². The van der Waals surface area contributed by atoms with Gasteiger partial charge in [0.2, 0.25) is 5.91 Å². The van der Waals surface area contributed by atoms with Crippen molar-refractivity contribution in [2.24, 2.45) is 0 Å². The fourth-order valence-corrected chi connectivity index (χ4v) is 2.47. The molecule has 2 amide bonds. The summed E-state index contributed by atoms with van der Waals surface area (Å²) >= 11 is 0. The summed E-state index contributed by atoms with van der Waals surface area (Å²) in [6.07, 6.45) is 0.117. The van der Waals surface area contributed by atoms with E-state index < -0.39 is 5.97 Å². The van der Waals surface area contributed by atoms with Gasteiger partial charge in [0.15, 0.2) is 6.61 Å². The Morgan fingerprint density at radius 2 is 2.08 bits per heavy atom. The lowest BCUT2D eigenvalue weighted by Crippen LogP contribution is -2.25. The Morgan fingerprint density at radius 1 is 1.24 bits per heavy atom. The topological polar surface area (TPSA) is 93.7 Å². The number of hydrogen-bond donors (Lipinski definition) is 2. The van der Waals surface area contributed by atoms with E-state index in [1.54, 1.807) is 42.5 Å². The molecule has 2 N–H and O–H groups in total. The lowest BCUT2D eigenvalue weighted by molar-refractivity contribution is -0.118. The minimum atomic E-state index is -0.471. The van der Waals surface area contributed by atoms with Crippen molar-refractivity contribution >= 4 is 29.2 Å². The molecule has 0 spiro atoms. The number of carbonyl (C=O) groups is 3. The molecule has 0 atom stereocenters. The summed E-state index contributed by atoms with van der Waals surface area (Å²) in [4.78, 5) is 35.1. The number of anilines is 2. The number of esters is 1. The zero-order chi connectivity index (χ0) is 17.8. The largest absolute Gasteiger partial charge is 0.482 e. The molecule has 7 heteroatoms. The maximum absolute atomic E-state index is 12.2. The van der Waals surface area contributed by atoms with Crippen LogP contribution in [0.3, 0.4) is 0 Å². The standard InChI is InChI=1S/C18H16N2O5/c1-24-18(23)12-3-2-4-13(9-12)19-16(21)8-11-5-6-15-14(7-11)20-17(22)10-25-15/h2-7,9H,8,10H2,1H3,(H,19,21)(H,20,22). The van der Waals surface area contributed by atoms with Gasteiger partial charge in [0.1, 0.15) is 5.75 Å². The van der Waals surface area contributed by atoms with Crippen LogP contribution in [0, 0.1) is 0 Å². The van der Waals surface area contributed by atoms with Gasteiger partial charge in [0.05, 0.1) is 24.8 Å². The number of rotatable bonds is 4. The minimum Gasteiger partial charge on any atom is -0.482 e. The number of carbonyl (C=O) groups excluding carboxylic acids is 3. The van der Waals surface area contributed by atoms with Gasteiger partial charge in [-0.05, 0) is 35.9 Å². The molecule has 1 heterocycles. The molecule has 2 aromatic carbocycles. The van der Waals surface area contributed by atoms with Crippen LogP contribution in [0.25, 0.3) is 0 Å². The van der Waals surface area contributed by atoms with Crippen LogP contribution in [-0.4, -0.2) is 31.5 Å². The zero-order valence-electron chi connectivity index (χ0n) is 13.5. The summed E-state index contributed by atoms with van der Waals surface area (Å²) in [5.41, 5.74) is 2.14. The number of hydrogen-bond acceptors (Lipinski definition) is 5. The first-order valence-corrected chi connectivity index (χ1v) is 7.59. The van der Waals surface area contributed by atoms with Gasteiger partial charge in [-0.25, -0.2) is 4.79 Å². The molecule has 0 saturated heterocycles.